The van der Waals surface area contributed by atoms with Gasteiger partial charge in [0.25, 0.3) is 11.7 Å². The van der Waals surface area contributed by atoms with Crippen molar-refractivity contribution in [3.63, 3.8) is 0 Å². The van der Waals surface area contributed by atoms with Crippen LogP contribution in [0, 0.1) is 6.92 Å². The van der Waals surface area contributed by atoms with E-state index in [0.29, 0.717) is 45.6 Å². The van der Waals surface area contributed by atoms with Gasteiger partial charge in [-0.05, 0) is 60.5 Å². The maximum absolute atomic E-state index is 13.5. The third-order valence-corrected chi connectivity index (χ3v) is 6.37. The Morgan fingerprint density at radius 3 is 2.27 bits per heavy atom. The van der Waals surface area contributed by atoms with Crippen LogP contribution in [0.3, 0.4) is 0 Å². The van der Waals surface area contributed by atoms with E-state index in [0.717, 1.165) is 5.56 Å². The molecule has 37 heavy (non-hydrogen) atoms. The van der Waals surface area contributed by atoms with Crippen LogP contribution in [-0.4, -0.2) is 44.9 Å². The van der Waals surface area contributed by atoms with Crippen molar-refractivity contribution < 1.29 is 38.4 Å². The Bertz CT molecular complexity index is 1420. The molecule has 2 aliphatic heterocycles. The SMILES string of the molecule is COc1cc(C2/C(=C(\O)c3ccc4c(c3)OCO4)C(=O)C(=O)N2c2cccc(C)c2)cc(OC)c1OC. The summed E-state index contributed by atoms with van der Waals surface area (Å²) >= 11 is 0. The molecular formula is C28H25NO8. The Balaban J connectivity index is 1.76. The molecule has 1 fully saturated rings. The molecule has 3 aromatic carbocycles. The first-order valence-corrected chi connectivity index (χ1v) is 11.5. The number of aliphatic hydroxyl groups excluding tert-OH is 1. The summed E-state index contributed by atoms with van der Waals surface area (Å²) < 4.78 is 27.3. The summed E-state index contributed by atoms with van der Waals surface area (Å²) in [4.78, 5) is 28.3. The molecule has 1 saturated heterocycles. The van der Waals surface area contributed by atoms with Gasteiger partial charge in [-0.1, -0.05) is 12.1 Å². The molecule has 3 aromatic rings. The van der Waals surface area contributed by atoms with Gasteiger partial charge in [0, 0.05) is 11.3 Å². The molecule has 2 heterocycles. The number of nitrogens with zero attached hydrogens (tertiary/aromatic N) is 1. The van der Waals surface area contributed by atoms with Crippen molar-refractivity contribution in [2.75, 3.05) is 33.0 Å². The van der Waals surface area contributed by atoms with Gasteiger partial charge in [-0.25, -0.2) is 0 Å². The second-order valence-corrected chi connectivity index (χ2v) is 8.53. The fraction of sp³-hybridized carbons (Fsp3) is 0.214. The first-order valence-electron chi connectivity index (χ1n) is 11.5. The summed E-state index contributed by atoms with van der Waals surface area (Å²) in [5.74, 6) is 0.0633. The predicted octanol–water partition coefficient (Wildman–Crippen LogP) is 4.38. The Morgan fingerprint density at radius 1 is 0.919 bits per heavy atom. The zero-order valence-corrected chi connectivity index (χ0v) is 20.7. The largest absolute Gasteiger partial charge is 0.507 e. The number of ketones is 1. The molecule has 9 nitrogen and oxygen atoms in total. The number of carbonyl (C=O) groups excluding carboxylic acids is 2. The summed E-state index contributed by atoms with van der Waals surface area (Å²) in [6, 6.07) is 14.4. The van der Waals surface area contributed by atoms with E-state index < -0.39 is 17.7 Å². The highest BCUT2D eigenvalue weighted by Gasteiger charge is 2.47. The normalized spacial score (nSPS) is 17.7. The van der Waals surface area contributed by atoms with Crippen LogP contribution in [0.25, 0.3) is 5.76 Å². The van der Waals surface area contributed by atoms with E-state index in [1.807, 2.05) is 13.0 Å². The highest BCUT2D eigenvalue weighted by Crippen LogP contribution is 2.47. The fourth-order valence-electron chi connectivity index (χ4n) is 4.65. The van der Waals surface area contributed by atoms with Gasteiger partial charge in [0.1, 0.15) is 5.76 Å². The lowest BCUT2D eigenvalue weighted by molar-refractivity contribution is -0.132. The number of anilines is 1. The molecule has 5 rings (SSSR count). The van der Waals surface area contributed by atoms with Gasteiger partial charge in [0.2, 0.25) is 12.5 Å². The lowest BCUT2D eigenvalue weighted by atomic mass is 9.94. The number of rotatable bonds is 6. The Morgan fingerprint density at radius 2 is 1.62 bits per heavy atom. The highest BCUT2D eigenvalue weighted by molar-refractivity contribution is 6.51. The van der Waals surface area contributed by atoms with E-state index in [-0.39, 0.29) is 18.1 Å². The zero-order chi connectivity index (χ0) is 26.3. The molecule has 0 saturated carbocycles. The molecule has 0 spiro atoms. The predicted molar refractivity (Wildman–Crippen MR) is 135 cm³/mol. The average Bonchev–Trinajstić information content (AvgIpc) is 3.49. The zero-order valence-electron chi connectivity index (χ0n) is 20.7. The number of Topliss-reactive ketones (excluding diaryl/α,β-unsaturated/α-hetero) is 1. The number of benzene rings is 3. The van der Waals surface area contributed by atoms with E-state index in [1.54, 1.807) is 48.5 Å². The number of aliphatic hydroxyl groups is 1. The van der Waals surface area contributed by atoms with Crippen LogP contribution < -0.4 is 28.6 Å². The smallest absolute Gasteiger partial charge is 0.300 e. The third-order valence-electron chi connectivity index (χ3n) is 6.37. The van der Waals surface area contributed by atoms with Crippen molar-refractivity contribution >= 4 is 23.1 Å². The minimum absolute atomic E-state index is 0.0583. The maximum Gasteiger partial charge on any atom is 0.300 e. The first-order chi connectivity index (χ1) is 17.9. The minimum Gasteiger partial charge on any atom is -0.507 e. The van der Waals surface area contributed by atoms with Gasteiger partial charge in [-0.2, -0.15) is 0 Å². The third kappa shape index (κ3) is 3.98. The summed E-state index contributed by atoms with van der Waals surface area (Å²) in [5.41, 5.74) is 2.12. The summed E-state index contributed by atoms with van der Waals surface area (Å²) in [7, 11) is 4.44. The first kappa shape index (κ1) is 24.1. The summed E-state index contributed by atoms with van der Waals surface area (Å²) in [6.07, 6.45) is 0. The number of hydrogen-bond acceptors (Lipinski definition) is 8. The van der Waals surface area contributed by atoms with Crippen LogP contribution in [-0.2, 0) is 9.59 Å². The van der Waals surface area contributed by atoms with Crippen molar-refractivity contribution in [1.29, 1.82) is 0 Å². The van der Waals surface area contributed by atoms with Crippen molar-refractivity contribution in [1.82, 2.24) is 0 Å². The van der Waals surface area contributed by atoms with E-state index in [2.05, 4.69) is 0 Å². The van der Waals surface area contributed by atoms with Crippen molar-refractivity contribution in [3.05, 3.63) is 76.9 Å². The number of hydrogen-bond donors (Lipinski definition) is 1. The molecule has 0 bridgehead atoms. The van der Waals surface area contributed by atoms with Crippen molar-refractivity contribution in [2.45, 2.75) is 13.0 Å². The van der Waals surface area contributed by atoms with E-state index >= 15 is 0 Å². The quantitative estimate of drug-likeness (QED) is 0.300. The molecule has 9 heteroatoms. The Hall–Kier alpha value is -4.66. The Labute approximate surface area is 213 Å². The molecule has 1 amide bonds. The molecular weight excluding hydrogens is 478 g/mol. The molecule has 1 atom stereocenters. The van der Waals surface area contributed by atoms with Crippen LogP contribution in [0.5, 0.6) is 28.7 Å². The van der Waals surface area contributed by atoms with Gasteiger partial charge in [-0.3, -0.25) is 14.5 Å². The monoisotopic (exact) mass is 503 g/mol. The lowest BCUT2D eigenvalue weighted by Crippen LogP contribution is -2.29. The fourth-order valence-corrected chi connectivity index (χ4v) is 4.65. The van der Waals surface area contributed by atoms with Crippen LogP contribution >= 0.6 is 0 Å². The van der Waals surface area contributed by atoms with Gasteiger partial charge in [0.15, 0.2) is 23.0 Å². The molecule has 2 aliphatic rings. The number of methoxy groups -OCH3 is 3. The van der Waals surface area contributed by atoms with Crippen LogP contribution in [0.1, 0.15) is 22.7 Å². The number of aryl methyl sites for hydroxylation is 1. The molecule has 0 aliphatic carbocycles. The van der Waals surface area contributed by atoms with E-state index in [9.17, 15) is 14.7 Å². The maximum atomic E-state index is 13.5. The summed E-state index contributed by atoms with van der Waals surface area (Å²) in [5, 5.41) is 11.4. The van der Waals surface area contributed by atoms with Crippen LogP contribution in [0.2, 0.25) is 0 Å². The van der Waals surface area contributed by atoms with Gasteiger partial charge in [0.05, 0.1) is 32.9 Å². The van der Waals surface area contributed by atoms with Gasteiger partial charge >= 0.3 is 0 Å². The number of fused-ring (bicyclic) bond motifs is 1. The number of ether oxygens (including phenoxy) is 5. The minimum atomic E-state index is -0.985. The van der Waals surface area contributed by atoms with Gasteiger partial charge < -0.3 is 28.8 Å². The van der Waals surface area contributed by atoms with Crippen LogP contribution in [0.4, 0.5) is 5.69 Å². The average molecular weight is 504 g/mol. The van der Waals surface area contributed by atoms with E-state index in [4.69, 9.17) is 23.7 Å². The Kier molecular flexibility index (Phi) is 6.12. The molecule has 190 valence electrons. The number of amides is 1. The van der Waals surface area contributed by atoms with Crippen molar-refractivity contribution in [2.24, 2.45) is 0 Å². The van der Waals surface area contributed by atoms with Crippen molar-refractivity contribution in [3.8, 4) is 28.7 Å². The van der Waals surface area contributed by atoms with Gasteiger partial charge in [-0.15, -0.1) is 0 Å². The lowest BCUT2D eigenvalue weighted by Gasteiger charge is -2.27. The molecule has 1 unspecified atom stereocenters. The second-order valence-electron chi connectivity index (χ2n) is 8.53. The van der Waals surface area contributed by atoms with E-state index in [1.165, 1.54) is 26.2 Å². The second kappa shape index (κ2) is 9.42. The summed E-state index contributed by atoms with van der Waals surface area (Å²) in [6.45, 7) is 1.95. The van der Waals surface area contributed by atoms with Crippen LogP contribution in [0.15, 0.2) is 60.2 Å². The highest BCUT2D eigenvalue weighted by atomic mass is 16.7. The number of carbonyl (C=O) groups is 2. The topological polar surface area (TPSA) is 104 Å². The molecule has 1 N–H and O–H groups in total. The molecule has 0 aromatic heterocycles. The standard InChI is InChI=1S/C28H25NO8/c1-15-6-5-7-18(10-15)29-24(17-12-21(33-2)27(35-4)22(13-17)34-3)23(26(31)28(29)32)25(30)16-8-9-19-20(11-16)37-14-36-19/h5-13,24,30H,14H2,1-4H3/b25-23+. The molecule has 0 radical (unpaired) electrons.